The van der Waals surface area contributed by atoms with Gasteiger partial charge < -0.3 is 24.0 Å². The van der Waals surface area contributed by atoms with E-state index in [0.29, 0.717) is 30.3 Å². The third kappa shape index (κ3) is 38.5. The molecule has 11 heteroatoms. The summed E-state index contributed by atoms with van der Waals surface area (Å²) in [6.45, 7) is 4.19. The molecule has 0 aromatic heterocycles. The normalized spacial score (nSPS) is 14.6. The van der Waals surface area contributed by atoms with Crippen molar-refractivity contribution in [3.05, 3.63) is 36.5 Å². The van der Waals surface area contributed by atoms with Gasteiger partial charge in [0.05, 0.1) is 33.9 Å². The van der Waals surface area contributed by atoms with Crippen molar-refractivity contribution in [2.45, 2.75) is 180 Å². The van der Waals surface area contributed by atoms with Crippen LogP contribution in [0.4, 0.5) is 0 Å². The summed E-state index contributed by atoms with van der Waals surface area (Å²) in [7, 11) is 1.38. The van der Waals surface area contributed by atoms with Gasteiger partial charge in [0.1, 0.15) is 19.8 Å². The van der Waals surface area contributed by atoms with E-state index in [1.165, 1.54) is 89.9 Å². The van der Waals surface area contributed by atoms with E-state index in [1.807, 2.05) is 39.4 Å². The highest BCUT2D eigenvalue weighted by Gasteiger charge is 2.27. The number of aliphatic hydroxyl groups is 1. The van der Waals surface area contributed by atoms with Crippen LogP contribution >= 0.6 is 7.82 Å². The Balaban J connectivity index is 4.55. The van der Waals surface area contributed by atoms with Crippen LogP contribution < -0.4 is 0 Å². The Kier molecular flexibility index (Phi) is 34.4. The van der Waals surface area contributed by atoms with Gasteiger partial charge in [0.2, 0.25) is 0 Å². The Morgan fingerprint density at radius 3 is 1.81 bits per heavy atom. The fourth-order valence-electron chi connectivity index (χ4n) is 5.61. The summed E-state index contributed by atoms with van der Waals surface area (Å²) in [6, 6.07) is 0. The van der Waals surface area contributed by atoms with Crippen LogP contribution in [-0.4, -0.2) is 86.1 Å². The van der Waals surface area contributed by atoms with Gasteiger partial charge >= 0.3 is 19.8 Å². The lowest BCUT2D eigenvalue weighted by atomic mass is 10.0. The number of nitrogens with zero attached hydrogens (tertiary/aromatic N) is 1. The Hall–Kier alpha value is -1.81. The average molecular weight is 787 g/mol. The summed E-state index contributed by atoms with van der Waals surface area (Å²) in [5.74, 6) is -0.995. The van der Waals surface area contributed by atoms with Gasteiger partial charge in [-0.3, -0.25) is 18.6 Å². The first kappa shape index (κ1) is 52.2. The molecule has 2 unspecified atom stereocenters. The van der Waals surface area contributed by atoms with Gasteiger partial charge in [0.25, 0.3) is 0 Å². The molecule has 0 aromatic carbocycles. The van der Waals surface area contributed by atoms with E-state index in [0.717, 1.165) is 32.1 Å². The molecular weight excluding hydrogens is 705 g/mol. The highest BCUT2D eigenvalue weighted by Crippen LogP contribution is 2.43. The second kappa shape index (κ2) is 35.6. The van der Waals surface area contributed by atoms with Crippen molar-refractivity contribution in [2.24, 2.45) is 0 Å². The first-order chi connectivity index (χ1) is 25.9. The molecule has 0 amide bonds. The number of phosphoric acid groups is 1. The second-order valence-corrected chi connectivity index (χ2v) is 17.0. The van der Waals surface area contributed by atoms with E-state index in [9.17, 15) is 24.2 Å². The molecule has 0 spiro atoms. The minimum absolute atomic E-state index is 0.00368. The van der Waals surface area contributed by atoms with E-state index in [2.05, 4.69) is 26.0 Å². The Morgan fingerprint density at radius 2 is 1.22 bits per heavy atom. The maximum absolute atomic E-state index is 12.6. The Bertz CT molecular complexity index is 1040. The topological polar surface area (TPSA) is 129 Å². The SMILES string of the molecule is CCCCCCCC/C=C/C/C=C/C=C/C(O)CCCC(=O)OC[C@H](COP(=O)(O)OCC[N+](C)(C)C)OC(=O)CCCCCCCCCCCCCC. The third-order valence-corrected chi connectivity index (χ3v) is 10.0. The number of aliphatic hydroxyl groups excluding tert-OH is 1. The van der Waals surface area contributed by atoms with Crippen LogP contribution in [0.2, 0.25) is 0 Å². The van der Waals surface area contributed by atoms with E-state index in [4.69, 9.17) is 18.5 Å². The number of hydrogen-bond acceptors (Lipinski definition) is 8. The lowest BCUT2D eigenvalue weighted by molar-refractivity contribution is -0.870. The van der Waals surface area contributed by atoms with Gasteiger partial charge in [-0.2, -0.15) is 0 Å². The molecule has 0 aliphatic carbocycles. The lowest BCUT2D eigenvalue weighted by Gasteiger charge is -2.24. The molecule has 0 fully saturated rings. The molecule has 316 valence electrons. The second-order valence-electron chi connectivity index (χ2n) is 15.6. The fraction of sp³-hybridized carbons (Fsp3) is 0.814. The summed E-state index contributed by atoms with van der Waals surface area (Å²) in [5, 5.41) is 10.3. The minimum atomic E-state index is -4.41. The van der Waals surface area contributed by atoms with Gasteiger partial charge in [0, 0.05) is 12.8 Å². The van der Waals surface area contributed by atoms with Gasteiger partial charge in [0.15, 0.2) is 6.10 Å². The predicted molar refractivity (Wildman–Crippen MR) is 221 cm³/mol. The standard InChI is InChI=1S/C43H80NO9P/c1-6-8-10-12-14-16-18-20-21-23-25-27-29-32-40(45)33-31-35-42(46)50-38-41(39-52-54(48,49)51-37-36-44(3,4)5)53-43(47)34-30-28-26-24-22-19-17-15-13-11-9-7-2/h20-21,25,27,29,32,40-41,45H,6-19,22-24,26,28,30-31,33-39H2,1-5H3/p+1/b21-20+,27-25+,32-29+/t40?,41-/m1/s1. The number of hydrogen-bond donors (Lipinski definition) is 2. The molecule has 0 saturated heterocycles. The van der Waals surface area contributed by atoms with Crippen molar-refractivity contribution in [3.63, 3.8) is 0 Å². The monoisotopic (exact) mass is 787 g/mol. The number of quaternary nitrogens is 1. The first-order valence-corrected chi connectivity index (χ1v) is 22.8. The van der Waals surface area contributed by atoms with Crippen molar-refractivity contribution in [3.8, 4) is 0 Å². The van der Waals surface area contributed by atoms with E-state index >= 15 is 0 Å². The van der Waals surface area contributed by atoms with Crippen LogP contribution in [0.25, 0.3) is 0 Å². The molecule has 2 N–H and O–H groups in total. The van der Waals surface area contributed by atoms with Gasteiger partial charge in [-0.25, -0.2) is 4.57 Å². The van der Waals surface area contributed by atoms with Crippen LogP contribution in [0.1, 0.15) is 168 Å². The number of phosphoric ester groups is 1. The average Bonchev–Trinajstić information content (AvgIpc) is 3.11. The quantitative estimate of drug-likeness (QED) is 0.0157. The summed E-state index contributed by atoms with van der Waals surface area (Å²) in [4.78, 5) is 35.3. The van der Waals surface area contributed by atoms with E-state index < -0.39 is 38.6 Å². The van der Waals surface area contributed by atoms with E-state index in [-0.39, 0.29) is 26.1 Å². The fourth-order valence-corrected chi connectivity index (χ4v) is 6.35. The van der Waals surface area contributed by atoms with Crippen molar-refractivity contribution < 1.29 is 47.2 Å². The van der Waals surface area contributed by atoms with Crippen molar-refractivity contribution in [2.75, 3.05) is 47.5 Å². The highest BCUT2D eigenvalue weighted by molar-refractivity contribution is 7.47. The van der Waals surface area contributed by atoms with Crippen LogP contribution in [-0.2, 0) is 32.7 Å². The molecular formula is C43H81NO9P+. The molecule has 10 nitrogen and oxygen atoms in total. The van der Waals surface area contributed by atoms with Crippen LogP contribution in [0.15, 0.2) is 36.5 Å². The zero-order chi connectivity index (χ0) is 40.2. The molecule has 54 heavy (non-hydrogen) atoms. The van der Waals surface area contributed by atoms with Crippen molar-refractivity contribution in [1.82, 2.24) is 0 Å². The highest BCUT2D eigenvalue weighted by atomic mass is 31.2. The maximum atomic E-state index is 12.6. The van der Waals surface area contributed by atoms with Crippen LogP contribution in [0.3, 0.4) is 0 Å². The number of esters is 2. The van der Waals surface area contributed by atoms with Crippen molar-refractivity contribution in [1.29, 1.82) is 0 Å². The van der Waals surface area contributed by atoms with Crippen LogP contribution in [0, 0.1) is 0 Å². The molecule has 0 aliphatic heterocycles. The Morgan fingerprint density at radius 1 is 0.667 bits per heavy atom. The van der Waals surface area contributed by atoms with E-state index in [1.54, 1.807) is 6.08 Å². The number of carbonyl (C=O) groups excluding carboxylic acids is 2. The summed E-state index contributed by atoms with van der Waals surface area (Å²) >= 11 is 0. The number of carbonyl (C=O) groups is 2. The number of ether oxygens (including phenoxy) is 2. The first-order valence-electron chi connectivity index (χ1n) is 21.3. The van der Waals surface area contributed by atoms with Gasteiger partial charge in [-0.15, -0.1) is 0 Å². The molecule has 0 radical (unpaired) electrons. The van der Waals surface area contributed by atoms with Gasteiger partial charge in [-0.05, 0) is 38.5 Å². The minimum Gasteiger partial charge on any atom is -0.462 e. The lowest BCUT2D eigenvalue weighted by Crippen LogP contribution is -2.37. The predicted octanol–water partition coefficient (Wildman–Crippen LogP) is 10.7. The van der Waals surface area contributed by atoms with Crippen molar-refractivity contribution >= 4 is 19.8 Å². The summed E-state index contributed by atoms with van der Waals surface area (Å²) in [5.41, 5.74) is 0. The summed E-state index contributed by atoms with van der Waals surface area (Å²) < 4.78 is 34.1. The summed E-state index contributed by atoms with van der Waals surface area (Å²) in [6.07, 6.45) is 35.1. The molecule has 0 saturated carbocycles. The zero-order valence-corrected chi connectivity index (χ0v) is 36.0. The number of allylic oxidation sites excluding steroid dienone is 5. The number of rotatable bonds is 38. The smallest absolute Gasteiger partial charge is 0.462 e. The third-order valence-electron chi connectivity index (χ3n) is 9.03. The zero-order valence-electron chi connectivity index (χ0n) is 35.1. The Labute approximate surface area is 330 Å². The van der Waals surface area contributed by atoms with Crippen LogP contribution in [0.5, 0.6) is 0 Å². The molecule has 0 aliphatic rings. The molecule has 0 rings (SSSR count). The molecule has 0 heterocycles. The maximum Gasteiger partial charge on any atom is 0.472 e. The molecule has 0 aromatic rings. The number of likely N-dealkylation sites (N-methyl/N-ethyl adjacent to an activating group) is 1. The molecule has 3 atom stereocenters. The largest absolute Gasteiger partial charge is 0.472 e. The number of unbranched alkanes of at least 4 members (excludes halogenated alkanes) is 17. The molecule has 0 bridgehead atoms. The van der Waals surface area contributed by atoms with Gasteiger partial charge in [-0.1, -0.05) is 153 Å².